The maximum Gasteiger partial charge on any atom is 0.226 e. The maximum absolute atomic E-state index is 12.2. The lowest BCUT2D eigenvalue weighted by molar-refractivity contribution is 0.278. The van der Waals surface area contributed by atoms with Crippen molar-refractivity contribution in [3.05, 3.63) is 47.4 Å². The molecule has 0 saturated carbocycles. The van der Waals surface area contributed by atoms with E-state index in [-0.39, 0.29) is 17.5 Å². The van der Waals surface area contributed by atoms with Gasteiger partial charge in [-0.1, -0.05) is 13.8 Å². The van der Waals surface area contributed by atoms with Crippen LogP contribution < -0.4 is 4.90 Å². The highest BCUT2D eigenvalue weighted by molar-refractivity contribution is 7.90. The number of aromatic nitrogens is 3. The first-order valence-electron chi connectivity index (χ1n) is 9.74. The SMILES string of the molecule is Cc1ccnc(N2CCn3c(cc4cc(CO)c(S(C)(=O)=O)cc43)[C@H]2C(C)C)n1. The van der Waals surface area contributed by atoms with E-state index >= 15 is 0 Å². The zero-order chi connectivity index (χ0) is 20.9. The van der Waals surface area contributed by atoms with Crippen LogP contribution in [0.25, 0.3) is 10.9 Å². The van der Waals surface area contributed by atoms with Gasteiger partial charge in [-0.3, -0.25) is 0 Å². The van der Waals surface area contributed by atoms with E-state index in [1.165, 1.54) is 6.26 Å². The van der Waals surface area contributed by atoms with Gasteiger partial charge in [0.25, 0.3) is 0 Å². The number of sulfone groups is 1. The summed E-state index contributed by atoms with van der Waals surface area (Å²) in [6.45, 7) is 7.43. The molecule has 0 aliphatic carbocycles. The fourth-order valence-corrected chi connectivity index (χ4v) is 5.25. The molecule has 1 aromatic carbocycles. The molecule has 1 N–H and O–H groups in total. The summed E-state index contributed by atoms with van der Waals surface area (Å²) >= 11 is 0. The molecule has 7 nitrogen and oxygen atoms in total. The Morgan fingerprint density at radius 3 is 2.62 bits per heavy atom. The summed E-state index contributed by atoms with van der Waals surface area (Å²) in [5.41, 5.74) is 3.35. The number of hydrogen-bond donors (Lipinski definition) is 1. The Morgan fingerprint density at radius 2 is 2.00 bits per heavy atom. The minimum absolute atomic E-state index is 0.0669. The van der Waals surface area contributed by atoms with Gasteiger partial charge in [-0.2, -0.15) is 0 Å². The first-order valence-corrected chi connectivity index (χ1v) is 11.6. The third kappa shape index (κ3) is 3.40. The zero-order valence-electron chi connectivity index (χ0n) is 17.1. The Bertz CT molecular complexity index is 1180. The number of aliphatic hydroxyl groups is 1. The van der Waals surface area contributed by atoms with Crippen LogP contribution in [0.1, 0.15) is 36.8 Å². The molecule has 1 aliphatic heterocycles. The number of anilines is 1. The van der Waals surface area contributed by atoms with Gasteiger partial charge in [-0.25, -0.2) is 18.4 Å². The molecule has 0 fully saturated rings. The third-order valence-electron chi connectivity index (χ3n) is 5.56. The molecule has 0 radical (unpaired) electrons. The minimum atomic E-state index is -3.43. The molecule has 0 unspecified atom stereocenters. The molecule has 0 saturated heterocycles. The van der Waals surface area contributed by atoms with Crippen LogP contribution in [0, 0.1) is 12.8 Å². The van der Waals surface area contributed by atoms with E-state index in [0.717, 1.165) is 28.8 Å². The average molecular weight is 415 g/mol. The van der Waals surface area contributed by atoms with Crippen LogP contribution in [0.5, 0.6) is 0 Å². The van der Waals surface area contributed by atoms with Gasteiger partial charge in [0.15, 0.2) is 9.84 Å². The van der Waals surface area contributed by atoms with Gasteiger partial charge in [0, 0.05) is 47.8 Å². The smallest absolute Gasteiger partial charge is 0.226 e. The fraction of sp³-hybridized carbons (Fsp3) is 0.429. The molecule has 0 spiro atoms. The Balaban J connectivity index is 1.91. The second-order valence-corrected chi connectivity index (χ2v) is 10.0. The van der Waals surface area contributed by atoms with Gasteiger partial charge in [0.2, 0.25) is 5.95 Å². The highest BCUT2D eigenvalue weighted by Crippen LogP contribution is 2.39. The van der Waals surface area contributed by atoms with Gasteiger partial charge in [0.05, 0.1) is 17.5 Å². The van der Waals surface area contributed by atoms with Crippen molar-refractivity contribution in [2.45, 2.75) is 44.9 Å². The molecular formula is C21H26N4O3S. The van der Waals surface area contributed by atoms with Crippen molar-refractivity contribution in [2.75, 3.05) is 17.7 Å². The third-order valence-corrected chi connectivity index (χ3v) is 6.74. The van der Waals surface area contributed by atoms with Crippen LogP contribution >= 0.6 is 0 Å². The standard InChI is InChI=1S/C21H26N4O3S/c1-13(2)20-18-10-15-9-16(12-26)19(29(4,27)28)11-17(15)24(18)7-8-25(20)21-22-6-5-14(3)23-21/h5-6,9-11,13,20,26H,7-8,12H2,1-4H3/t20-/m1/s1. The maximum atomic E-state index is 12.2. The van der Waals surface area contributed by atoms with Gasteiger partial charge in [-0.05, 0) is 42.7 Å². The number of aliphatic hydroxyl groups excluding tert-OH is 1. The van der Waals surface area contributed by atoms with E-state index in [1.54, 1.807) is 18.3 Å². The van der Waals surface area contributed by atoms with Crippen molar-refractivity contribution >= 4 is 26.7 Å². The van der Waals surface area contributed by atoms with Gasteiger partial charge >= 0.3 is 0 Å². The van der Waals surface area contributed by atoms with Crippen molar-refractivity contribution in [2.24, 2.45) is 5.92 Å². The largest absolute Gasteiger partial charge is 0.392 e. The summed E-state index contributed by atoms with van der Waals surface area (Å²) in [6, 6.07) is 7.56. The Kier molecular flexibility index (Phi) is 4.86. The molecule has 8 heteroatoms. The van der Waals surface area contributed by atoms with E-state index in [4.69, 9.17) is 0 Å². The Hall–Kier alpha value is -2.45. The van der Waals surface area contributed by atoms with Crippen molar-refractivity contribution in [1.29, 1.82) is 0 Å². The van der Waals surface area contributed by atoms with E-state index in [2.05, 4.69) is 39.3 Å². The zero-order valence-corrected chi connectivity index (χ0v) is 17.9. The Morgan fingerprint density at radius 1 is 1.24 bits per heavy atom. The summed E-state index contributed by atoms with van der Waals surface area (Å²) in [7, 11) is -3.43. The average Bonchev–Trinajstić information content (AvgIpc) is 3.02. The van der Waals surface area contributed by atoms with Crippen LogP contribution in [-0.2, 0) is 23.0 Å². The normalized spacial score (nSPS) is 17.2. The number of hydrogen-bond acceptors (Lipinski definition) is 6. The first-order chi connectivity index (χ1) is 13.7. The van der Waals surface area contributed by atoms with Crippen molar-refractivity contribution in [3.63, 3.8) is 0 Å². The highest BCUT2D eigenvalue weighted by atomic mass is 32.2. The number of nitrogens with zero attached hydrogens (tertiary/aromatic N) is 4. The number of aryl methyl sites for hydroxylation is 1. The summed E-state index contributed by atoms with van der Waals surface area (Å²) in [4.78, 5) is 11.5. The van der Waals surface area contributed by atoms with E-state index in [1.807, 2.05) is 13.0 Å². The quantitative estimate of drug-likeness (QED) is 0.706. The van der Waals surface area contributed by atoms with Crippen LogP contribution in [0.2, 0.25) is 0 Å². The molecule has 154 valence electrons. The molecule has 1 atom stereocenters. The highest BCUT2D eigenvalue weighted by Gasteiger charge is 2.33. The number of benzene rings is 1. The van der Waals surface area contributed by atoms with Crippen LogP contribution in [-0.4, -0.2) is 40.9 Å². The van der Waals surface area contributed by atoms with Gasteiger partial charge in [0.1, 0.15) is 0 Å². The molecule has 2 aromatic heterocycles. The summed E-state index contributed by atoms with van der Waals surface area (Å²) in [5.74, 6) is 1.02. The van der Waals surface area contributed by atoms with Gasteiger partial charge in [-0.15, -0.1) is 0 Å². The summed E-state index contributed by atoms with van der Waals surface area (Å²) in [6.07, 6.45) is 2.96. The molecule has 3 heterocycles. The van der Waals surface area contributed by atoms with Crippen LogP contribution in [0.4, 0.5) is 5.95 Å². The molecule has 0 amide bonds. The lowest BCUT2D eigenvalue weighted by atomic mass is 9.97. The molecule has 29 heavy (non-hydrogen) atoms. The van der Waals surface area contributed by atoms with Gasteiger partial charge < -0.3 is 14.6 Å². The molecule has 3 aromatic rings. The second-order valence-electron chi connectivity index (χ2n) is 8.05. The molecule has 0 bridgehead atoms. The van der Waals surface area contributed by atoms with E-state index < -0.39 is 9.84 Å². The lowest BCUT2D eigenvalue weighted by Gasteiger charge is -2.39. The topological polar surface area (TPSA) is 88.3 Å². The monoisotopic (exact) mass is 414 g/mol. The van der Waals surface area contributed by atoms with Crippen molar-refractivity contribution < 1.29 is 13.5 Å². The van der Waals surface area contributed by atoms with Crippen LogP contribution in [0.15, 0.2) is 35.4 Å². The first kappa shape index (κ1) is 19.8. The van der Waals surface area contributed by atoms with Crippen molar-refractivity contribution in [3.8, 4) is 0 Å². The molecule has 4 rings (SSSR count). The molecule has 1 aliphatic rings. The summed E-state index contributed by atoms with van der Waals surface area (Å²) < 4.78 is 26.7. The Labute approximate surface area is 170 Å². The second kappa shape index (κ2) is 7.11. The fourth-order valence-electron chi connectivity index (χ4n) is 4.33. The lowest BCUT2D eigenvalue weighted by Crippen LogP contribution is -2.41. The minimum Gasteiger partial charge on any atom is -0.392 e. The predicted molar refractivity (Wildman–Crippen MR) is 113 cm³/mol. The number of rotatable bonds is 4. The van der Waals surface area contributed by atoms with E-state index in [9.17, 15) is 13.5 Å². The predicted octanol–water partition coefficient (Wildman–Crippen LogP) is 2.85. The van der Waals surface area contributed by atoms with E-state index in [0.29, 0.717) is 24.0 Å². The van der Waals surface area contributed by atoms with Crippen molar-refractivity contribution in [1.82, 2.24) is 14.5 Å². The van der Waals surface area contributed by atoms with Crippen LogP contribution in [0.3, 0.4) is 0 Å². The molecular weight excluding hydrogens is 388 g/mol. The summed E-state index contributed by atoms with van der Waals surface area (Å²) in [5, 5.41) is 10.6. The number of fused-ring (bicyclic) bond motifs is 3.